The van der Waals surface area contributed by atoms with Crippen molar-refractivity contribution >= 4 is 13.1 Å². The van der Waals surface area contributed by atoms with E-state index in [1.807, 2.05) is 30.3 Å². The predicted octanol–water partition coefficient (Wildman–Crippen LogP) is 1.32. The molecule has 0 bridgehead atoms. The Hall–Kier alpha value is -0.0187. The molecule has 0 unspecified atom stereocenters. The molecule has 22 heavy (non-hydrogen) atoms. The SMILES string of the molecule is O=C(NCCCCCC[B-](F)(F)F)OCc1ccccc1.[K+]. The van der Waals surface area contributed by atoms with Crippen molar-refractivity contribution in [2.24, 2.45) is 0 Å². The fraction of sp³-hybridized carbons (Fsp3) is 0.500. The van der Waals surface area contributed by atoms with Crippen LogP contribution in [0.3, 0.4) is 0 Å². The molecule has 1 N–H and O–H groups in total. The van der Waals surface area contributed by atoms with Gasteiger partial charge in [0.2, 0.25) is 0 Å². The van der Waals surface area contributed by atoms with E-state index in [2.05, 4.69) is 5.32 Å². The minimum absolute atomic E-state index is 0. The fourth-order valence-corrected chi connectivity index (χ4v) is 1.82. The van der Waals surface area contributed by atoms with Gasteiger partial charge < -0.3 is 23.0 Å². The van der Waals surface area contributed by atoms with Crippen LogP contribution in [0.1, 0.15) is 31.2 Å². The van der Waals surface area contributed by atoms with Crippen LogP contribution in [0.5, 0.6) is 0 Å². The molecule has 0 saturated carbocycles. The average Bonchev–Trinajstić information content (AvgIpc) is 2.44. The number of amides is 1. The van der Waals surface area contributed by atoms with Crippen molar-refractivity contribution in [2.75, 3.05) is 6.54 Å². The van der Waals surface area contributed by atoms with Gasteiger partial charge >= 0.3 is 64.5 Å². The Morgan fingerprint density at radius 1 is 1.05 bits per heavy atom. The fourth-order valence-electron chi connectivity index (χ4n) is 1.82. The Balaban J connectivity index is 0.00000441. The molecule has 118 valence electrons. The summed E-state index contributed by atoms with van der Waals surface area (Å²) in [5.74, 6) is 0. The molecule has 0 aliphatic heterocycles. The van der Waals surface area contributed by atoms with Crippen LogP contribution in [-0.2, 0) is 11.3 Å². The van der Waals surface area contributed by atoms with Crippen molar-refractivity contribution in [3.8, 4) is 0 Å². The van der Waals surface area contributed by atoms with Crippen LogP contribution in [0.2, 0.25) is 6.32 Å². The van der Waals surface area contributed by atoms with Crippen molar-refractivity contribution in [3.05, 3.63) is 35.9 Å². The van der Waals surface area contributed by atoms with Gasteiger partial charge in [-0.05, 0) is 12.0 Å². The minimum atomic E-state index is -4.66. The first-order valence-corrected chi connectivity index (χ1v) is 7.13. The van der Waals surface area contributed by atoms with Gasteiger partial charge in [-0.25, -0.2) is 4.79 Å². The smallest absolute Gasteiger partial charge is 0.449 e. The summed E-state index contributed by atoms with van der Waals surface area (Å²) in [7, 11) is 0. The third kappa shape index (κ3) is 12.5. The second-order valence-electron chi connectivity index (χ2n) is 4.90. The van der Waals surface area contributed by atoms with Gasteiger partial charge in [0.15, 0.2) is 0 Å². The molecule has 1 amide bonds. The molecule has 0 aliphatic rings. The van der Waals surface area contributed by atoms with Gasteiger partial charge in [0.1, 0.15) is 6.61 Å². The number of unbranched alkanes of at least 4 members (excludes halogenated alkanes) is 3. The molecule has 8 heteroatoms. The number of alkyl carbamates (subject to hydrolysis) is 1. The third-order valence-corrected chi connectivity index (χ3v) is 2.94. The van der Waals surface area contributed by atoms with Crippen LogP contribution in [-0.4, -0.2) is 19.6 Å². The number of ether oxygens (including phenoxy) is 1. The predicted molar refractivity (Wildman–Crippen MR) is 77.0 cm³/mol. The molecule has 1 aromatic rings. The topological polar surface area (TPSA) is 38.3 Å². The first-order valence-electron chi connectivity index (χ1n) is 7.13. The summed E-state index contributed by atoms with van der Waals surface area (Å²) < 4.78 is 40.9. The zero-order valence-electron chi connectivity index (χ0n) is 12.9. The van der Waals surface area contributed by atoms with E-state index in [1.54, 1.807) is 0 Å². The molecule has 0 spiro atoms. The van der Waals surface area contributed by atoms with Crippen molar-refractivity contribution in [3.63, 3.8) is 0 Å². The van der Waals surface area contributed by atoms with E-state index >= 15 is 0 Å². The number of nitrogens with one attached hydrogen (secondary N) is 1. The molecule has 0 aliphatic carbocycles. The summed E-state index contributed by atoms with van der Waals surface area (Å²) in [6.07, 6.45) is 0.852. The molecule has 0 radical (unpaired) electrons. The maximum atomic E-state index is 12.0. The second kappa shape index (κ2) is 12.4. The van der Waals surface area contributed by atoms with Crippen LogP contribution < -0.4 is 56.7 Å². The van der Waals surface area contributed by atoms with E-state index in [0.717, 1.165) is 5.56 Å². The van der Waals surface area contributed by atoms with E-state index in [0.29, 0.717) is 25.8 Å². The molecule has 3 nitrogen and oxygen atoms in total. The van der Waals surface area contributed by atoms with Crippen LogP contribution in [0.25, 0.3) is 0 Å². The van der Waals surface area contributed by atoms with Crippen LogP contribution in [0.4, 0.5) is 17.7 Å². The van der Waals surface area contributed by atoms with E-state index in [1.165, 1.54) is 0 Å². The molecule has 0 aromatic heterocycles. The maximum absolute atomic E-state index is 12.0. The van der Waals surface area contributed by atoms with Gasteiger partial charge in [-0.2, -0.15) is 0 Å². The van der Waals surface area contributed by atoms with E-state index in [9.17, 15) is 17.7 Å². The van der Waals surface area contributed by atoms with Crippen LogP contribution >= 0.6 is 0 Å². The molecular weight excluding hydrogens is 321 g/mol. The number of rotatable bonds is 9. The van der Waals surface area contributed by atoms with Crippen molar-refractivity contribution < 1.29 is 73.9 Å². The molecule has 1 rings (SSSR count). The summed E-state index contributed by atoms with van der Waals surface area (Å²) >= 11 is 0. The molecule has 0 heterocycles. The number of carbonyl (C=O) groups is 1. The van der Waals surface area contributed by atoms with Crippen molar-refractivity contribution in [1.29, 1.82) is 0 Å². The largest absolute Gasteiger partial charge is 1.00 e. The van der Waals surface area contributed by atoms with Gasteiger partial charge in [-0.3, -0.25) is 0 Å². The summed E-state index contributed by atoms with van der Waals surface area (Å²) in [4.78, 5) is 11.4. The van der Waals surface area contributed by atoms with E-state index in [-0.39, 0.29) is 64.4 Å². The van der Waals surface area contributed by atoms with Crippen molar-refractivity contribution in [1.82, 2.24) is 5.32 Å². The number of hydrogen-bond acceptors (Lipinski definition) is 2. The molecule has 1 aromatic carbocycles. The summed E-state index contributed by atoms with van der Waals surface area (Å²) in [6.45, 7) is -4.03. The second-order valence-corrected chi connectivity index (χ2v) is 4.90. The molecule has 0 saturated heterocycles. The Labute approximate surface area is 171 Å². The number of benzene rings is 1. The Kier molecular flexibility index (Phi) is 12.4. The Bertz CT molecular complexity index is 418. The third-order valence-electron chi connectivity index (χ3n) is 2.94. The van der Waals surface area contributed by atoms with Gasteiger partial charge in [0.05, 0.1) is 0 Å². The van der Waals surface area contributed by atoms with Crippen LogP contribution in [0, 0.1) is 0 Å². The maximum Gasteiger partial charge on any atom is 1.00 e. The Morgan fingerprint density at radius 3 is 2.32 bits per heavy atom. The zero-order chi connectivity index (χ0) is 15.6. The number of hydrogen-bond donors (Lipinski definition) is 1. The van der Waals surface area contributed by atoms with Crippen molar-refractivity contribution in [2.45, 2.75) is 38.6 Å². The van der Waals surface area contributed by atoms with Gasteiger partial charge in [-0.15, -0.1) is 0 Å². The normalized spacial score (nSPS) is 10.7. The zero-order valence-corrected chi connectivity index (χ0v) is 16.0. The minimum Gasteiger partial charge on any atom is -0.449 e. The number of halogens is 3. The summed E-state index contributed by atoms with van der Waals surface area (Å²) in [5, 5.41) is 2.58. The quantitative estimate of drug-likeness (QED) is 0.544. The first-order chi connectivity index (χ1) is 9.97. The number of carbonyl (C=O) groups excluding carboxylic acids is 1. The molecule has 0 atom stereocenters. The Morgan fingerprint density at radius 2 is 1.68 bits per heavy atom. The van der Waals surface area contributed by atoms with E-state index < -0.39 is 19.4 Å². The monoisotopic (exact) mass is 341 g/mol. The van der Waals surface area contributed by atoms with E-state index in [4.69, 9.17) is 4.74 Å². The summed E-state index contributed by atoms with van der Waals surface area (Å²) in [5.41, 5.74) is 0.904. The molecule has 0 fully saturated rings. The average molecular weight is 341 g/mol. The summed E-state index contributed by atoms with van der Waals surface area (Å²) in [6, 6.07) is 9.31. The standard InChI is InChI=1S/C14H20BF3NO2.K/c16-15(17,18)10-6-1-2-7-11-19-14(20)21-12-13-8-4-3-5-9-13;/h3-5,8-9H,1-2,6-7,10-12H2,(H,19,20);/q-1;+1. The van der Waals surface area contributed by atoms with Gasteiger partial charge in [-0.1, -0.05) is 55.9 Å². The van der Waals surface area contributed by atoms with Gasteiger partial charge in [0.25, 0.3) is 0 Å². The first kappa shape index (κ1) is 22.0. The van der Waals surface area contributed by atoms with Gasteiger partial charge in [0, 0.05) is 6.54 Å². The molecular formula is C14H20BF3KNO2. The van der Waals surface area contributed by atoms with Crippen LogP contribution in [0.15, 0.2) is 30.3 Å².